The molecule has 0 saturated carbocycles. The quantitative estimate of drug-likeness (QED) is 0.217. The Hall–Kier alpha value is -3.24. The van der Waals surface area contributed by atoms with Gasteiger partial charge in [-0.15, -0.1) is 0 Å². The van der Waals surface area contributed by atoms with E-state index in [1.54, 1.807) is 24.3 Å². The zero-order valence-electron chi connectivity index (χ0n) is 16.6. The summed E-state index contributed by atoms with van der Waals surface area (Å²) in [5.41, 5.74) is 19.9. The lowest BCUT2D eigenvalue weighted by Crippen LogP contribution is -2.25. The molecule has 2 rings (SSSR count). The molecule has 0 saturated heterocycles. The summed E-state index contributed by atoms with van der Waals surface area (Å²) in [6.45, 7) is 3.81. The van der Waals surface area contributed by atoms with Crippen molar-refractivity contribution in [3.8, 4) is 22.6 Å². The first-order valence-electron chi connectivity index (χ1n) is 9.17. The van der Waals surface area contributed by atoms with Gasteiger partial charge in [0, 0.05) is 11.1 Å². The van der Waals surface area contributed by atoms with Crippen molar-refractivity contribution in [2.45, 2.75) is 26.7 Å². The largest absolute Gasteiger partial charge is 0.507 e. The van der Waals surface area contributed by atoms with Crippen LogP contribution in [0, 0.1) is 0 Å². The highest BCUT2D eigenvalue weighted by Crippen LogP contribution is 2.31. The standard InChI is InChI=1S/C20H24N6O2S2/c1-3-15(23-25-19(21)29)13-9-11(5-7-17(13)27)12-6-8-18(28)14(10-12)16(4-2)24-26-20(22)30/h5-10,27-28H,3-4H2,1-2H3,(H3,21,25,29)(H3,22,26,30). The average Bonchev–Trinajstić information content (AvgIpc) is 2.71. The number of phenolic OH excluding ortho intramolecular Hbond substituents is 2. The Bertz CT molecular complexity index is 939. The van der Waals surface area contributed by atoms with E-state index in [1.807, 2.05) is 26.0 Å². The number of aromatic hydroxyl groups is 2. The van der Waals surface area contributed by atoms with E-state index in [9.17, 15) is 10.2 Å². The van der Waals surface area contributed by atoms with Crippen molar-refractivity contribution in [3.05, 3.63) is 47.5 Å². The second-order valence-corrected chi connectivity index (χ2v) is 7.12. The minimum absolute atomic E-state index is 0.0386. The van der Waals surface area contributed by atoms with E-state index in [1.165, 1.54) is 0 Å². The summed E-state index contributed by atoms with van der Waals surface area (Å²) in [4.78, 5) is 0. The molecule has 8 N–H and O–H groups in total. The summed E-state index contributed by atoms with van der Waals surface area (Å²) in [5, 5.41) is 29.1. The average molecular weight is 445 g/mol. The maximum absolute atomic E-state index is 10.3. The number of hydrogen-bond acceptors (Lipinski definition) is 6. The highest BCUT2D eigenvalue weighted by molar-refractivity contribution is 7.80. The highest BCUT2D eigenvalue weighted by Gasteiger charge is 2.13. The normalized spacial score (nSPS) is 11.8. The van der Waals surface area contributed by atoms with Crippen molar-refractivity contribution >= 4 is 46.1 Å². The first kappa shape index (κ1) is 23.0. The third-order valence-corrected chi connectivity index (χ3v) is 4.40. The lowest BCUT2D eigenvalue weighted by molar-refractivity contribution is 0.473. The van der Waals surface area contributed by atoms with Crippen LogP contribution >= 0.6 is 24.4 Å². The van der Waals surface area contributed by atoms with Gasteiger partial charge < -0.3 is 21.7 Å². The Morgan fingerprint density at radius 2 is 1.17 bits per heavy atom. The monoisotopic (exact) mass is 444 g/mol. The zero-order chi connectivity index (χ0) is 22.3. The summed E-state index contributed by atoms with van der Waals surface area (Å²) in [6, 6.07) is 10.4. The molecule has 2 aromatic rings. The van der Waals surface area contributed by atoms with Crippen LogP contribution in [0.15, 0.2) is 46.6 Å². The van der Waals surface area contributed by atoms with Gasteiger partial charge in [-0.3, -0.25) is 10.9 Å². The molecule has 2 aromatic carbocycles. The van der Waals surface area contributed by atoms with Gasteiger partial charge in [0.05, 0.1) is 11.4 Å². The van der Waals surface area contributed by atoms with E-state index in [2.05, 4.69) is 21.1 Å². The predicted molar refractivity (Wildman–Crippen MR) is 129 cm³/mol. The molecule has 30 heavy (non-hydrogen) atoms. The summed E-state index contributed by atoms with van der Waals surface area (Å²) in [6.07, 6.45) is 1.09. The minimum atomic E-state index is 0.0386. The van der Waals surface area contributed by atoms with Gasteiger partial charge in [0.15, 0.2) is 10.2 Å². The molecule has 158 valence electrons. The Kier molecular flexibility index (Phi) is 8.07. The maximum Gasteiger partial charge on any atom is 0.184 e. The van der Waals surface area contributed by atoms with Crippen molar-refractivity contribution in [1.82, 2.24) is 10.9 Å². The van der Waals surface area contributed by atoms with E-state index in [4.69, 9.17) is 35.9 Å². The molecule has 0 aromatic heterocycles. The van der Waals surface area contributed by atoms with Crippen LogP contribution in [0.3, 0.4) is 0 Å². The SMILES string of the molecule is CCC(=NNC(N)=S)c1cc(-c2ccc(O)c(C(CC)=NNC(N)=S)c2)ccc1O. The van der Waals surface area contributed by atoms with Crippen molar-refractivity contribution in [2.75, 3.05) is 0 Å². The van der Waals surface area contributed by atoms with E-state index in [0.29, 0.717) is 35.4 Å². The van der Waals surface area contributed by atoms with Gasteiger partial charge in [0.25, 0.3) is 0 Å². The van der Waals surface area contributed by atoms with Gasteiger partial charge in [-0.1, -0.05) is 26.0 Å². The number of rotatable bonds is 7. The van der Waals surface area contributed by atoms with Crippen molar-refractivity contribution in [1.29, 1.82) is 0 Å². The lowest BCUT2D eigenvalue weighted by atomic mass is 9.96. The number of benzene rings is 2. The number of thiocarbonyl (C=S) groups is 2. The molecule has 0 spiro atoms. The van der Waals surface area contributed by atoms with E-state index in [-0.39, 0.29) is 21.7 Å². The Balaban J connectivity index is 2.52. The molecule has 0 heterocycles. The van der Waals surface area contributed by atoms with Gasteiger partial charge in [0.2, 0.25) is 0 Å². The highest BCUT2D eigenvalue weighted by atomic mass is 32.1. The predicted octanol–water partition coefficient (Wildman–Crippen LogP) is 2.66. The van der Waals surface area contributed by atoms with Gasteiger partial charge in [-0.2, -0.15) is 10.2 Å². The summed E-state index contributed by atoms with van der Waals surface area (Å²) >= 11 is 9.58. The van der Waals surface area contributed by atoms with E-state index >= 15 is 0 Å². The topological polar surface area (TPSA) is 141 Å². The Labute approximate surface area is 185 Å². The third-order valence-electron chi connectivity index (χ3n) is 4.22. The molecular weight excluding hydrogens is 420 g/mol. The second kappa shape index (κ2) is 10.5. The van der Waals surface area contributed by atoms with Crippen molar-refractivity contribution in [3.63, 3.8) is 0 Å². The molecule has 8 nitrogen and oxygen atoms in total. The second-order valence-electron chi connectivity index (χ2n) is 6.24. The first-order valence-corrected chi connectivity index (χ1v) is 9.99. The van der Waals surface area contributed by atoms with Crippen molar-refractivity contribution in [2.24, 2.45) is 21.7 Å². The number of nitrogens with two attached hydrogens (primary N) is 2. The molecule has 10 heteroatoms. The number of hydrazone groups is 2. The Morgan fingerprint density at radius 3 is 1.47 bits per heavy atom. The van der Waals surface area contributed by atoms with Crippen LogP contribution in [0.25, 0.3) is 11.1 Å². The first-order chi connectivity index (χ1) is 14.3. The molecule has 0 unspecified atom stereocenters. The van der Waals surface area contributed by atoms with Crippen LogP contribution in [-0.2, 0) is 0 Å². The maximum atomic E-state index is 10.3. The zero-order valence-corrected chi connectivity index (χ0v) is 18.3. The molecule has 0 amide bonds. The van der Waals surface area contributed by atoms with Crippen LogP contribution in [0.5, 0.6) is 11.5 Å². The summed E-state index contributed by atoms with van der Waals surface area (Å²) in [5.74, 6) is 0.166. The molecule has 0 fully saturated rings. The smallest absolute Gasteiger partial charge is 0.184 e. The lowest BCUT2D eigenvalue weighted by Gasteiger charge is -2.12. The van der Waals surface area contributed by atoms with Crippen LogP contribution in [0.4, 0.5) is 0 Å². The summed E-state index contributed by atoms with van der Waals surface area (Å²) in [7, 11) is 0. The fourth-order valence-corrected chi connectivity index (χ4v) is 2.89. The van der Waals surface area contributed by atoms with Crippen LogP contribution in [-0.4, -0.2) is 31.9 Å². The van der Waals surface area contributed by atoms with Gasteiger partial charge in [-0.25, -0.2) is 0 Å². The Morgan fingerprint density at radius 1 is 0.800 bits per heavy atom. The van der Waals surface area contributed by atoms with Crippen LogP contribution in [0.2, 0.25) is 0 Å². The van der Waals surface area contributed by atoms with Crippen LogP contribution in [0.1, 0.15) is 37.8 Å². The molecule has 0 atom stereocenters. The van der Waals surface area contributed by atoms with Gasteiger partial charge in [0.1, 0.15) is 11.5 Å². The number of phenols is 2. The molecule has 0 aliphatic heterocycles. The van der Waals surface area contributed by atoms with Crippen LogP contribution < -0.4 is 22.3 Å². The molecule has 0 bridgehead atoms. The summed E-state index contributed by atoms with van der Waals surface area (Å²) < 4.78 is 0. The third kappa shape index (κ3) is 5.88. The van der Waals surface area contributed by atoms with Gasteiger partial charge >= 0.3 is 0 Å². The number of nitrogens with zero attached hydrogens (tertiary/aromatic N) is 2. The van der Waals surface area contributed by atoms with Gasteiger partial charge in [-0.05, 0) is 72.7 Å². The number of hydrogen-bond donors (Lipinski definition) is 6. The molecule has 0 aliphatic rings. The minimum Gasteiger partial charge on any atom is -0.507 e. The van der Waals surface area contributed by atoms with E-state index in [0.717, 1.165) is 11.1 Å². The van der Waals surface area contributed by atoms with E-state index < -0.39 is 0 Å². The fourth-order valence-electron chi connectivity index (χ4n) is 2.80. The fraction of sp³-hybridized carbons (Fsp3) is 0.200. The molecule has 0 radical (unpaired) electrons. The molecule has 0 aliphatic carbocycles. The van der Waals surface area contributed by atoms with Crippen molar-refractivity contribution < 1.29 is 10.2 Å². The number of nitrogens with one attached hydrogen (secondary N) is 2. The molecular formula is C20H24N6O2S2.